The van der Waals surface area contributed by atoms with Crippen molar-refractivity contribution in [2.24, 2.45) is 5.41 Å². The van der Waals surface area contributed by atoms with E-state index in [0.29, 0.717) is 11.3 Å². The molecule has 0 amide bonds. The van der Waals surface area contributed by atoms with Crippen molar-refractivity contribution in [3.05, 3.63) is 58.8 Å². The van der Waals surface area contributed by atoms with Gasteiger partial charge in [0.1, 0.15) is 0 Å². The van der Waals surface area contributed by atoms with Crippen molar-refractivity contribution in [2.75, 3.05) is 7.05 Å². The number of fused-ring (bicyclic) bond motifs is 1. The highest BCUT2D eigenvalue weighted by Gasteiger charge is 2.30. The van der Waals surface area contributed by atoms with Gasteiger partial charge in [-0.05, 0) is 53.5 Å². The molecule has 1 unspecified atom stereocenters. The fourth-order valence-corrected chi connectivity index (χ4v) is 3.48. The number of nitrogens with one attached hydrogen (secondary N) is 1. The average molecular weight is 400 g/mol. The number of likely N-dealkylation sites (N-methyl/N-ethyl adjacent to an activating group) is 1. The van der Waals surface area contributed by atoms with Crippen LogP contribution < -0.4 is 5.32 Å². The summed E-state index contributed by atoms with van der Waals surface area (Å²) in [6.07, 6.45) is 12.9. The third kappa shape index (κ3) is 8.64. The van der Waals surface area contributed by atoms with Gasteiger partial charge in [-0.1, -0.05) is 105 Å². The van der Waals surface area contributed by atoms with Crippen molar-refractivity contribution in [1.29, 1.82) is 0 Å². The van der Waals surface area contributed by atoms with Crippen molar-refractivity contribution in [1.82, 2.24) is 5.32 Å². The summed E-state index contributed by atoms with van der Waals surface area (Å²) in [6, 6.07) is 6.93. The lowest BCUT2D eigenvalue weighted by Crippen LogP contribution is -2.15. The second-order valence-electron chi connectivity index (χ2n) is 8.09. The summed E-state index contributed by atoms with van der Waals surface area (Å²) in [7, 11) is 1.90. The molecule has 0 heterocycles. The maximum absolute atomic E-state index is 3.96. The molecule has 0 aromatic heterocycles. The summed E-state index contributed by atoms with van der Waals surface area (Å²) in [5.74, 6) is 0.599. The fourth-order valence-electron chi connectivity index (χ4n) is 3.48. The van der Waals surface area contributed by atoms with Crippen LogP contribution in [0.3, 0.4) is 0 Å². The Kier molecular flexibility index (Phi) is 13.4. The molecule has 1 nitrogen and oxygen atoms in total. The maximum Gasteiger partial charge on any atom is 0.0264 e. The molecular weight excluding hydrogens is 350 g/mol. The molecule has 166 valence electrons. The smallest absolute Gasteiger partial charge is 0.0264 e. The Labute approximate surface area is 183 Å². The zero-order valence-corrected chi connectivity index (χ0v) is 20.8. The van der Waals surface area contributed by atoms with Crippen LogP contribution in [-0.2, 0) is 0 Å². The molecular formula is C28H49N. The summed E-state index contributed by atoms with van der Waals surface area (Å²) >= 11 is 0. The van der Waals surface area contributed by atoms with Crippen LogP contribution in [0, 0.1) is 5.41 Å². The van der Waals surface area contributed by atoms with Gasteiger partial charge in [-0.3, -0.25) is 0 Å². The van der Waals surface area contributed by atoms with Gasteiger partial charge >= 0.3 is 0 Å². The zero-order chi connectivity index (χ0) is 22.4. The summed E-state index contributed by atoms with van der Waals surface area (Å²) in [5, 5.41) is 3.06. The van der Waals surface area contributed by atoms with Crippen molar-refractivity contribution in [3.8, 4) is 0 Å². The van der Waals surface area contributed by atoms with Crippen LogP contribution in [0.1, 0.15) is 112 Å². The van der Waals surface area contributed by atoms with Crippen LogP contribution in [0.2, 0.25) is 0 Å². The van der Waals surface area contributed by atoms with Gasteiger partial charge in [-0.2, -0.15) is 0 Å². The Morgan fingerprint density at radius 2 is 1.83 bits per heavy atom. The summed E-state index contributed by atoms with van der Waals surface area (Å²) in [6.45, 7) is 21.4. The molecule has 1 heteroatoms. The van der Waals surface area contributed by atoms with E-state index in [2.05, 4.69) is 69.9 Å². The maximum atomic E-state index is 3.96. The summed E-state index contributed by atoms with van der Waals surface area (Å²) in [4.78, 5) is 0. The van der Waals surface area contributed by atoms with Crippen molar-refractivity contribution >= 4 is 12.2 Å². The Morgan fingerprint density at radius 3 is 2.38 bits per heavy atom. The molecule has 0 fully saturated rings. The lowest BCUT2D eigenvalue weighted by Gasteiger charge is -2.29. The average Bonchev–Trinajstić information content (AvgIpc) is 3.09. The number of hydrogen-bond acceptors (Lipinski definition) is 1. The first-order valence-electron chi connectivity index (χ1n) is 11.8. The van der Waals surface area contributed by atoms with E-state index in [0.717, 1.165) is 5.70 Å². The van der Waals surface area contributed by atoms with Gasteiger partial charge in [0.2, 0.25) is 0 Å². The number of rotatable bonds is 9. The highest BCUT2D eigenvalue weighted by molar-refractivity contribution is 5.70. The van der Waals surface area contributed by atoms with Crippen LogP contribution >= 0.6 is 0 Å². The molecule has 1 N–H and O–H groups in total. The van der Waals surface area contributed by atoms with E-state index in [-0.39, 0.29) is 1.43 Å². The predicted molar refractivity (Wildman–Crippen MR) is 137 cm³/mol. The largest absolute Gasteiger partial charge is 0.389 e. The Morgan fingerprint density at radius 1 is 1.17 bits per heavy atom. The van der Waals surface area contributed by atoms with Crippen LogP contribution in [-0.4, -0.2) is 7.05 Å². The molecule has 0 aliphatic heterocycles. The highest BCUT2D eigenvalue weighted by Crippen LogP contribution is 2.46. The van der Waals surface area contributed by atoms with Gasteiger partial charge in [-0.25, -0.2) is 0 Å². The first-order valence-corrected chi connectivity index (χ1v) is 11.8. The van der Waals surface area contributed by atoms with Crippen LogP contribution in [0.25, 0.3) is 12.2 Å². The van der Waals surface area contributed by atoms with E-state index in [9.17, 15) is 0 Å². The Hall–Kier alpha value is -1.76. The topological polar surface area (TPSA) is 12.0 Å². The molecule has 0 spiro atoms. The van der Waals surface area contributed by atoms with E-state index < -0.39 is 0 Å². The fraction of sp³-hybridized carbons (Fsp3) is 0.571. The van der Waals surface area contributed by atoms with E-state index in [1.807, 2.05) is 40.8 Å². The number of allylic oxidation sites excluding steroid dienone is 2. The normalized spacial score (nSPS) is 14.9. The number of hydrogen-bond donors (Lipinski definition) is 1. The molecule has 1 aliphatic carbocycles. The monoisotopic (exact) mass is 399 g/mol. The third-order valence-electron chi connectivity index (χ3n) is 5.61. The lowest BCUT2D eigenvalue weighted by molar-refractivity contribution is 0.304. The minimum absolute atomic E-state index is 0. The lowest BCUT2D eigenvalue weighted by atomic mass is 9.76. The van der Waals surface area contributed by atoms with Gasteiger partial charge in [0.05, 0.1) is 0 Å². The minimum Gasteiger partial charge on any atom is -0.389 e. The zero-order valence-electron chi connectivity index (χ0n) is 20.8. The van der Waals surface area contributed by atoms with E-state index in [1.54, 1.807) is 5.57 Å². The van der Waals surface area contributed by atoms with Crippen LogP contribution in [0.5, 0.6) is 0 Å². The van der Waals surface area contributed by atoms with Crippen molar-refractivity contribution < 1.29 is 1.43 Å². The van der Waals surface area contributed by atoms with Gasteiger partial charge < -0.3 is 5.32 Å². The third-order valence-corrected chi connectivity index (χ3v) is 5.61. The minimum atomic E-state index is 0. The molecule has 0 bridgehead atoms. The molecule has 1 aromatic rings. The molecule has 0 saturated carbocycles. The molecule has 0 saturated heterocycles. The van der Waals surface area contributed by atoms with Crippen molar-refractivity contribution in [3.63, 3.8) is 0 Å². The van der Waals surface area contributed by atoms with E-state index in [4.69, 9.17) is 0 Å². The second kappa shape index (κ2) is 14.3. The Balaban J connectivity index is 0. The van der Waals surface area contributed by atoms with E-state index in [1.165, 1.54) is 48.8 Å². The Bertz CT molecular complexity index is 667. The van der Waals surface area contributed by atoms with Crippen LogP contribution in [0.4, 0.5) is 0 Å². The van der Waals surface area contributed by atoms with Crippen molar-refractivity contribution in [2.45, 2.75) is 93.4 Å². The first kappa shape index (κ1) is 27.2. The molecule has 1 aliphatic rings. The van der Waals surface area contributed by atoms with E-state index >= 15 is 0 Å². The first-order chi connectivity index (χ1) is 13.9. The standard InChI is InChI=1S/C24H35N.2C2H6.H2/c1-7-9-10-20-16-21-15-19(12-11-18(3)25-6)13-14-22(21)23(20)17-24(4,5)8-2;2*1-2;/h11-16,23,25H,3,7-10,17H2,1-2,4-6H3;2*1-2H3;1H/b12-11+;;;. The molecule has 0 radical (unpaired) electrons. The highest BCUT2D eigenvalue weighted by atomic mass is 14.8. The SMILES string of the molecule is C=C(/C=C/c1ccc2c(c1)C=C(CCCC)C2CC(C)(C)CC)NC.CC.CC.[HH]. The molecule has 1 aromatic carbocycles. The van der Waals surface area contributed by atoms with Gasteiger partial charge in [0.15, 0.2) is 0 Å². The van der Waals surface area contributed by atoms with Gasteiger partial charge in [0, 0.05) is 20.1 Å². The number of benzene rings is 1. The number of unbranched alkanes of at least 4 members (excludes halogenated alkanes) is 1. The second-order valence-corrected chi connectivity index (χ2v) is 8.09. The molecule has 2 rings (SSSR count). The van der Waals surface area contributed by atoms with Gasteiger partial charge in [-0.15, -0.1) is 0 Å². The van der Waals surface area contributed by atoms with Crippen LogP contribution in [0.15, 0.2) is 42.1 Å². The quantitative estimate of drug-likeness (QED) is 0.408. The summed E-state index contributed by atoms with van der Waals surface area (Å²) in [5.41, 5.74) is 7.15. The molecule has 1 atom stereocenters. The van der Waals surface area contributed by atoms with Gasteiger partial charge in [0.25, 0.3) is 0 Å². The summed E-state index contributed by atoms with van der Waals surface area (Å²) < 4.78 is 0. The molecule has 29 heavy (non-hydrogen) atoms. The predicted octanol–water partition coefficient (Wildman–Crippen LogP) is 9.23.